The fourth-order valence-corrected chi connectivity index (χ4v) is 5.24. The van der Waals surface area contributed by atoms with Crippen molar-refractivity contribution in [3.63, 3.8) is 0 Å². The van der Waals surface area contributed by atoms with Crippen LogP contribution in [0.5, 0.6) is 0 Å². The average Bonchev–Trinajstić information content (AvgIpc) is 3.49. The number of aromatic nitrogens is 5. The molecule has 190 valence electrons. The van der Waals surface area contributed by atoms with E-state index < -0.39 is 0 Å². The number of hydrogen-bond donors (Lipinski definition) is 1. The van der Waals surface area contributed by atoms with Gasteiger partial charge in [-0.15, -0.1) is 0 Å². The fraction of sp³-hybridized carbons (Fsp3) is 0.500. The van der Waals surface area contributed by atoms with Crippen molar-refractivity contribution in [2.75, 3.05) is 31.1 Å². The third-order valence-corrected chi connectivity index (χ3v) is 7.53. The van der Waals surface area contributed by atoms with Crippen LogP contribution in [0.1, 0.15) is 63.1 Å². The summed E-state index contributed by atoms with van der Waals surface area (Å²) in [7, 11) is 0. The predicted molar refractivity (Wildman–Crippen MR) is 145 cm³/mol. The first-order chi connectivity index (χ1) is 17.2. The van der Waals surface area contributed by atoms with E-state index in [4.69, 9.17) is 4.98 Å². The van der Waals surface area contributed by atoms with E-state index in [1.165, 1.54) is 11.1 Å². The fourth-order valence-electron chi connectivity index (χ4n) is 5.24. The number of carbonyl (C=O) groups excluding carboxylic acids is 1. The van der Waals surface area contributed by atoms with Crippen molar-refractivity contribution in [2.45, 2.75) is 60.3 Å². The van der Waals surface area contributed by atoms with Crippen molar-refractivity contribution in [3.05, 3.63) is 41.3 Å². The molecule has 0 atom stereocenters. The molecule has 0 spiro atoms. The smallest absolute Gasteiger partial charge is 0.222 e. The van der Waals surface area contributed by atoms with Gasteiger partial charge in [-0.1, -0.05) is 27.7 Å². The minimum Gasteiger partial charge on any atom is -0.353 e. The summed E-state index contributed by atoms with van der Waals surface area (Å²) in [6.45, 7) is 16.1. The normalized spacial score (nSPS) is 14.7. The van der Waals surface area contributed by atoms with Crippen molar-refractivity contribution in [2.24, 2.45) is 5.92 Å². The van der Waals surface area contributed by atoms with E-state index in [-0.39, 0.29) is 11.8 Å². The van der Waals surface area contributed by atoms with Crippen molar-refractivity contribution < 1.29 is 4.79 Å². The number of carbonyl (C=O) groups is 1. The third kappa shape index (κ3) is 4.33. The maximum atomic E-state index is 12.6. The number of nitrogens with zero attached hydrogens (tertiary/aromatic N) is 6. The van der Waals surface area contributed by atoms with E-state index in [9.17, 15) is 4.79 Å². The highest BCUT2D eigenvalue weighted by molar-refractivity contribution is 5.90. The zero-order valence-electron chi connectivity index (χ0n) is 22.3. The Hall–Kier alpha value is -3.42. The molecule has 4 aromatic heterocycles. The summed E-state index contributed by atoms with van der Waals surface area (Å²) in [5, 5.41) is 4.39. The van der Waals surface area contributed by atoms with Crippen molar-refractivity contribution >= 4 is 28.4 Å². The Morgan fingerprint density at radius 2 is 1.81 bits per heavy atom. The molecule has 5 rings (SSSR count). The predicted octanol–water partition coefficient (Wildman–Crippen LogP) is 5.10. The highest BCUT2D eigenvalue weighted by Gasteiger charge is 2.24. The van der Waals surface area contributed by atoms with E-state index in [1.54, 1.807) is 6.33 Å². The molecule has 1 saturated heterocycles. The number of H-pyrrole nitrogens is 1. The summed E-state index contributed by atoms with van der Waals surface area (Å²) in [6.07, 6.45) is 5.27. The van der Waals surface area contributed by atoms with Crippen LogP contribution in [-0.2, 0) is 4.79 Å². The molecule has 0 unspecified atom stereocenters. The van der Waals surface area contributed by atoms with Gasteiger partial charge < -0.3 is 14.8 Å². The zero-order valence-corrected chi connectivity index (χ0v) is 22.3. The topological polar surface area (TPSA) is 82.4 Å². The zero-order chi connectivity index (χ0) is 25.6. The molecular weight excluding hydrogens is 450 g/mol. The van der Waals surface area contributed by atoms with Crippen LogP contribution in [0.15, 0.2) is 24.7 Å². The second-order valence-corrected chi connectivity index (χ2v) is 10.8. The van der Waals surface area contributed by atoms with Gasteiger partial charge >= 0.3 is 0 Å². The lowest BCUT2D eigenvalue weighted by Crippen LogP contribution is -2.49. The first-order valence-corrected chi connectivity index (χ1v) is 13.1. The lowest BCUT2D eigenvalue weighted by Gasteiger charge is -2.35. The van der Waals surface area contributed by atoms with Crippen LogP contribution >= 0.6 is 0 Å². The Kier molecular flexibility index (Phi) is 6.45. The van der Waals surface area contributed by atoms with E-state index in [0.29, 0.717) is 12.3 Å². The molecule has 0 saturated carbocycles. The van der Waals surface area contributed by atoms with Gasteiger partial charge in [0.15, 0.2) is 5.65 Å². The van der Waals surface area contributed by atoms with Crippen molar-refractivity contribution in [1.82, 2.24) is 29.5 Å². The highest BCUT2D eigenvalue weighted by Crippen LogP contribution is 2.38. The summed E-state index contributed by atoms with van der Waals surface area (Å²) >= 11 is 0. The summed E-state index contributed by atoms with van der Waals surface area (Å²) in [5.41, 5.74) is 8.72. The van der Waals surface area contributed by atoms with Gasteiger partial charge in [0, 0.05) is 49.9 Å². The number of amides is 1. The molecular formula is C28H37N7O. The molecule has 0 bridgehead atoms. The quantitative estimate of drug-likeness (QED) is 0.409. The van der Waals surface area contributed by atoms with Gasteiger partial charge in [-0.3, -0.25) is 4.79 Å². The van der Waals surface area contributed by atoms with Crippen LogP contribution in [0.2, 0.25) is 0 Å². The summed E-state index contributed by atoms with van der Waals surface area (Å²) < 4.78 is 1.86. The number of rotatable bonds is 6. The number of nitrogens with one attached hydrogen (secondary N) is 1. The second-order valence-electron chi connectivity index (χ2n) is 10.8. The molecule has 1 aliphatic rings. The SMILES string of the molecule is Cc1c(-c2[nH]c3ccc(N4CCN(C(=O)CCC(C)C)CC4)nc3c2C(C)C)cn2ncnc2c1C. The van der Waals surface area contributed by atoms with Crippen molar-refractivity contribution in [1.29, 1.82) is 0 Å². The van der Waals surface area contributed by atoms with Crippen LogP contribution < -0.4 is 4.90 Å². The molecule has 1 N–H and O–H groups in total. The van der Waals surface area contributed by atoms with Gasteiger partial charge in [0.25, 0.3) is 0 Å². The molecule has 0 aliphatic carbocycles. The molecule has 0 aromatic carbocycles. The van der Waals surface area contributed by atoms with Crippen LogP contribution in [0.3, 0.4) is 0 Å². The lowest BCUT2D eigenvalue weighted by molar-refractivity contribution is -0.131. The second kappa shape index (κ2) is 9.56. The molecule has 1 fully saturated rings. The molecule has 5 heterocycles. The number of fused-ring (bicyclic) bond motifs is 2. The Balaban J connectivity index is 1.45. The standard InChI is InChI=1S/C28H37N7O/c1-17(2)7-10-24(36)34-13-11-33(12-14-34)23-9-8-22-27(32-23)25(18(3)4)26(31-22)21-15-35-28(29-16-30-35)20(6)19(21)5/h8-9,15-18,31H,7,10-14H2,1-6H3. The van der Waals surface area contributed by atoms with Crippen molar-refractivity contribution in [3.8, 4) is 11.3 Å². The lowest BCUT2D eigenvalue weighted by atomic mass is 9.95. The molecule has 8 nitrogen and oxygen atoms in total. The maximum Gasteiger partial charge on any atom is 0.222 e. The van der Waals surface area contributed by atoms with Crippen LogP contribution in [0, 0.1) is 19.8 Å². The number of anilines is 1. The van der Waals surface area contributed by atoms with E-state index >= 15 is 0 Å². The third-order valence-electron chi connectivity index (χ3n) is 7.53. The number of pyridine rings is 2. The van der Waals surface area contributed by atoms with Gasteiger partial charge in [-0.2, -0.15) is 5.10 Å². The Morgan fingerprint density at radius 3 is 2.50 bits per heavy atom. The first-order valence-electron chi connectivity index (χ1n) is 13.1. The Bertz CT molecular complexity index is 1410. The van der Waals surface area contributed by atoms with Gasteiger partial charge in [-0.25, -0.2) is 14.5 Å². The van der Waals surface area contributed by atoms with E-state index in [2.05, 4.69) is 79.8 Å². The Morgan fingerprint density at radius 1 is 1.06 bits per heavy atom. The average molecular weight is 488 g/mol. The summed E-state index contributed by atoms with van der Waals surface area (Å²) in [6, 6.07) is 4.24. The van der Waals surface area contributed by atoms with Gasteiger partial charge in [0.1, 0.15) is 12.1 Å². The number of hydrogen-bond acceptors (Lipinski definition) is 5. The minimum atomic E-state index is 0.277. The molecule has 4 aromatic rings. The molecule has 36 heavy (non-hydrogen) atoms. The monoisotopic (exact) mass is 487 g/mol. The highest BCUT2D eigenvalue weighted by atomic mass is 16.2. The van der Waals surface area contributed by atoms with Gasteiger partial charge in [0.2, 0.25) is 5.91 Å². The van der Waals surface area contributed by atoms with Gasteiger partial charge in [0.05, 0.1) is 16.7 Å². The maximum absolute atomic E-state index is 12.6. The molecule has 0 radical (unpaired) electrons. The van der Waals surface area contributed by atoms with Crippen LogP contribution in [0.25, 0.3) is 27.9 Å². The first kappa shape index (κ1) is 24.3. The summed E-state index contributed by atoms with van der Waals surface area (Å²) in [4.78, 5) is 30.1. The number of aromatic amines is 1. The molecule has 8 heteroatoms. The molecule has 1 aliphatic heterocycles. The van der Waals surface area contributed by atoms with E-state index in [1.807, 2.05) is 9.42 Å². The number of aryl methyl sites for hydroxylation is 1. The van der Waals surface area contributed by atoms with Crippen LogP contribution in [-0.4, -0.2) is 61.6 Å². The summed E-state index contributed by atoms with van der Waals surface area (Å²) in [5.74, 6) is 2.10. The Labute approximate surface area is 212 Å². The minimum absolute atomic E-state index is 0.277. The van der Waals surface area contributed by atoms with E-state index in [0.717, 1.165) is 71.9 Å². The molecule has 1 amide bonds. The van der Waals surface area contributed by atoms with Gasteiger partial charge in [-0.05, 0) is 55.4 Å². The largest absolute Gasteiger partial charge is 0.353 e. The van der Waals surface area contributed by atoms with Crippen LogP contribution in [0.4, 0.5) is 5.82 Å². The number of piperazine rings is 1.